The molecule has 0 saturated carbocycles. The predicted octanol–water partition coefficient (Wildman–Crippen LogP) is 2.86. The summed E-state index contributed by atoms with van der Waals surface area (Å²) in [4.78, 5) is 26.8. The third-order valence-corrected chi connectivity index (χ3v) is 4.16. The van der Waals surface area contributed by atoms with Crippen LogP contribution in [0.1, 0.15) is 16.7 Å². The van der Waals surface area contributed by atoms with Gasteiger partial charge in [0.2, 0.25) is 5.91 Å². The SMILES string of the molecule is N#Cc1cccc(/C=C/C(=O)N[C@@H](Cc2c[nH]c3ccccc23)C(=O)O)c1. The quantitative estimate of drug-likeness (QED) is 0.588. The van der Waals surface area contributed by atoms with Gasteiger partial charge in [-0.05, 0) is 35.4 Å². The Balaban J connectivity index is 1.70. The van der Waals surface area contributed by atoms with Gasteiger partial charge in [0, 0.05) is 29.6 Å². The number of fused-ring (bicyclic) bond motifs is 1. The van der Waals surface area contributed by atoms with Crippen molar-refractivity contribution < 1.29 is 14.7 Å². The molecule has 0 spiro atoms. The first-order chi connectivity index (χ1) is 13.1. The number of para-hydroxylation sites is 1. The van der Waals surface area contributed by atoms with Crippen LogP contribution in [0.25, 0.3) is 17.0 Å². The number of carbonyl (C=O) groups excluding carboxylic acids is 1. The maximum Gasteiger partial charge on any atom is 0.326 e. The van der Waals surface area contributed by atoms with Crippen LogP contribution in [-0.4, -0.2) is 28.0 Å². The first kappa shape index (κ1) is 18.0. The number of nitrogens with zero attached hydrogens (tertiary/aromatic N) is 1. The number of hydrogen-bond acceptors (Lipinski definition) is 3. The van der Waals surface area contributed by atoms with Crippen LogP contribution >= 0.6 is 0 Å². The van der Waals surface area contributed by atoms with Crippen molar-refractivity contribution in [3.63, 3.8) is 0 Å². The molecular formula is C21H17N3O3. The second-order valence-corrected chi connectivity index (χ2v) is 6.03. The Kier molecular flexibility index (Phi) is 5.33. The lowest BCUT2D eigenvalue weighted by Gasteiger charge is -2.12. The van der Waals surface area contributed by atoms with Gasteiger partial charge in [0.15, 0.2) is 0 Å². The highest BCUT2D eigenvalue weighted by Gasteiger charge is 2.21. The first-order valence-corrected chi connectivity index (χ1v) is 8.33. The average molecular weight is 359 g/mol. The molecule has 2 aromatic carbocycles. The fourth-order valence-corrected chi connectivity index (χ4v) is 2.82. The largest absolute Gasteiger partial charge is 0.480 e. The molecule has 3 rings (SSSR count). The van der Waals surface area contributed by atoms with Crippen LogP contribution in [-0.2, 0) is 16.0 Å². The summed E-state index contributed by atoms with van der Waals surface area (Å²) in [5, 5.41) is 21.8. The van der Waals surface area contributed by atoms with Crippen molar-refractivity contribution >= 4 is 28.9 Å². The second kappa shape index (κ2) is 8.02. The van der Waals surface area contributed by atoms with Crippen LogP contribution in [0.5, 0.6) is 0 Å². The van der Waals surface area contributed by atoms with Crippen molar-refractivity contribution in [1.82, 2.24) is 10.3 Å². The van der Waals surface area contributed by atoms with Crippen molar-refractivity contribution in [2.75, 3.05) is 0 Å². The maximum atomic E-state index is 12.1. The predicted molar refractivity (Wildman–Crippen MR) is 102 cm³/mol. The summed E-state index contributed by atoms with van der Waals surface area (Å²) in [6.07, 6.45) is 4.74. The van der Waals surface area contributed by atoms with Crippen LogP contribution < -0.4 is 5.32 Å². The van der Waals surface area contributed by atoms with E-state index in [1.807, 2.05) is 30.3 Å². The molecule has 0 aliphatic carbocycles. The van der Waals surface area contributed by atoms with Crippen molar-refractivity contribution in [3.8, 4) is 6.07 Å². The number of amides is 1. The molecule has 134 valence electrons. The fourth-order valence-electron chi connectivity index (χ4n) is 2.82. The fraction of sp³-hybridized carbons (Fsp3) is 0.0952. The Hall–Kier alpha value is -3.85. The van der Waals surface area contributed by atoms with Gasteiger partial charge in [0.1, 0.15) is 6.04 Å². The van der Waals surface area contributed by atoms with Gasteiger partial charge in [0.25, 0.3) is 0 Å². The summed E-state index contributed by atoms with van der Waals surface area (Å²) in [7, 11) is 0. The zero-order chi connectivity index (χ0) is 19.2. The molecule has 0 unspecified atom stereocenters. The molecule has 6 heteroatoms. The lowest BCUT2D eigenvalue weighted by molar-refractivity contribution is -0.141. The lowest BCUT2D eigenvalue weighted by atomic mass is 10.0. The summed E-state index contributed by atoms with van der Waals surface area (Å²) in [5.41, 5.74) is 2.91. The van der Waals surface area contributed by atoms with E-state index in [1.54, 1.807) is 36.5 Å². The van der Waals surface area contributed by atoms with Gasteiger partial charge >= 0.3 is 5.97 Å². The van der Waals surface area contributed by atoms with E-state index in [4.69, 9.17) is 5.26 Å². The van der Waals surface area contributed by atoms with Crippen LogP contribution in [0, 0.1) is 11.3 Å². The first-order valence-electron chi connectivity index (χ1n) is 8.33. The molecule has 1 amide bonds. The number of carbonyl (C=O) groups is 2. The number of aliphatic carboxylic acids is 1. The zero-order valence-corrected chi connectivity index (χ0v) is 14.3. The van der Waals surface area contributed by atoms with Crippen LogP contribution in [0.2, 0.25) is 0 Å². The molecule has 3 aromatic rings. The molecule has 3 N–H and O–H groups in total. The second-order valence-electron chi connectivity index (χ2n) is 6.03. The minimum Gasteiger partial charge on any atom is -0.480 e. The Bertz CT molecular complexity index is 1060. The smallest absolute Gasteiger partial charge is 0.326 e. The monoisotopic (exact) mass is 359 g/mol. The summed E-state index contributed by atoms with van der Waals surface area (Å²) in [6.45, 7) is 0. The van der Waals surface area contributed by atoms with Gasteiger partial charge in [-0.25, -0.2) is 4.79 Å². The maximum absolute atomic E-state index is 12.1. The molecule has 1 aromatic heterocycles. The van der Waals surface area contributed by atoms with Crippen molar-refractivity contribution in [3.05, 3.63) is 77.5 Å². The summed E-state index contributed by atoms with van der Waals surface area (Å²) in [5.74, 6) is -1.61. The number of aromatic amines is 1. The van der Waals surface area contributed by atoms with Crippen molar-refractivity contribution in [1.29, 1.82) is 5.26 Å². The van der Waals surface area contributed by atoms with Gasteiger partial charge in [0.05, 0.1) is 11.6 Å². The highest BCUT2D eigenvalue weighted by Crippen LogP contribution is 2.19. The van der Waals surface area contributed by atoms with E-state index in [2.05, 4.69) is 10.3 Å². The third-order valence-electron chi connectivity index (χ3n) is 4.16. The molecule has 0 fully saturated rings. The summed E-state index contributed by atoms with van der Waals surface area (Å²) in [6, 6.07) is 15.3. The Morgan fingerprint density at radius 1 is 1.22 bits per heavy atom. The standard InChI is InChI=1S/C21H17N3O3/c22-12-15-5-3-4-14(10-15)8-9-20(25)24-19(21(26)27)11-16-13-23-18-7-2-1-6-17(16)18/h1-10,13,19,23H,11H2,(H,24,25)(H,26,27)/b9-8+/t19-/m0/s1. The van der Waals surface area contributed by atoms with Crippen LogP contribution in [0.15, 0.2) is 60.8 Å². The van der Waals surface area contributed by atoms with E-state index in [0.29, 0.717) is 11.1 Å². The van der Waals surface area contributed by atoms with Gasteiger partial charge in [-0.3, -0.25) is 4.79 Å². The Morgan fingerprint density at radius 3 is 2.81 bits per heavy atom. The molecule has 1 heterocycles. The number of H-pyrrole nitrogens is 1. The Labute approximate surface area is 155 Å². The Morgan fingerprint density at radius 2 is 2.04 bits per heavy atom. The van der Waals surface area contributed by atoms with Crippen molar-refractivity contribution in [2.45, 2.75) is 12.5 Å². The molecular weight excluding hydrogens is 342 g/mol. The minimum absolute atomic E-state index is 0.169. The van der Waals surface area contributed by atoms with E-state index in [-0.39, 0.29) is 6.42 Å². The number of rotatable bonds is 6. The molecule has 0 aliphatic heterocycles. The summed E-state index contributed by atoms with van der Waals surface area (Å²) >= 11 is 0. The number of carboxylic acids is 1. The van der Waals surface area contributed by atoms with Gasteiger partial charge in [-0.2, -0.15) is 5.26 Å². The molecule has 27 heavy (non-hydrogen) atoms. The molecule has 1 atom stereocenters. The van der Waals surface area contributed by atoms with Crippen LogP contribution in [0.4, 0.5) is 0 Å². The van der Waals surface area contributed by atoms with Crippen LogP contribution in [0.3, 0.4) is 0 Å². The highest BCUT2D eigenvalue weighted by atomic mass is 16.4. The van der Waals surface area contributed by atoms with Crippen molar-refractivity contribution in [2.24, 2.45) is 0 Å². The molecule has 0 bridgehead atoms. The van der Waals surface area contributed by atoms with E-state index >= 15 is 0 Å². The normalized spacial score (nSPS) is 12.0. The average Bonchev–Trinajstić information content (AvgIpc) is 3.09. The van der Waals surface area contributed by atoms with E-state index < -0.39 is 17.9 Å². The highest BCUT2D eigenvalue weighted by molar-refractivity contribution is 5.94. The number of benzene rings is 2. The van der Waals surface area contributed by atoms with E-state index in [0.717, 1.165) is 16.5 Å². The van der Waals surface area contributed by atoms with E-state index in [9.17, 15) is 14.7 Å². The minimum atomic E-state index is -1.10. The molecule has 0 radical (unpaired) electrons. The number of nitriles is 1. The molecule has 0 aliphatic rings. The summed E-state index contributed by atoms with van der Waals surface area (Å²) < 4.78 is 0. The lowest BCUT2D eigenvalue weighted by Crippen LogP contribution is -2.41. The topological polar surface area (TPSA) is 106 Å². The third kappa shape index (κ3) is 4.41. The molecule has 0 saturated heterocycles. The molecule has 6 nitrogen and oxygen atoms in total. The number of aromatic nitrogens is 1. The van der Waals surface area contributed by atoms with Gasteiger partial charge < -0.3 is 15.4 Å². The van der Waals surface area contributed by atoms with E-state index in [1.165, 1.54) is 6.08 Å². The number of hydrogen-bond donors (Lipinski definition) is 3. The van der Waals surface area contributed by atoms with Gasteiger partial charge in [-0.15, -0.1) is 0 Å². The number of nitrogens with one attached hydrogen (secondary N) is 2. The number of carboxylic acid groups (broad SMARTS) is 1. The van der Waals surface area contributed by atoms with Gasteiger partial charge in [-0.1, -0.05) is 30.3 Å². The zero-order valence-electron chi connectivity index (χ0n) is 14.3.